The number of β-lactam (4-membered cyclic amide) rings is 1. The number of hydrogen-bond acceptors (Lipinski definition) is 2. The van der Waals surface area contributed by atoms with Crippen molar-refractivity contribution in [1.29, 1.82) is 0 Å². The normalized spacial score (nSPS) is 28.1. The van der Waals surface area contributed by atoms with Crippen LogP contribution < -0.4 is 5.32 Å². The van der Waals surface area contributed by atoms with E-state index in [2.05, 4.69) is 5.32 Å². The van der Waals surface area contributed by atoms with Crippen LogP contribution >= 0.6 is 0 Å². The maximum Gasteiger partial charge on any atom is 0.222 e. The van der Waals surface area contributed by atoms with Gasteiger partial charge in [0.1, 0.15) is 6.29 Å². The van der Waals surface area contributed by atoms with Crippen LogP contribution in [0, 0.1) is 5.92 Å². The number of hydrogen-bond donors (Lipinski definition) is 1. The first-order chi connectivity index (χ1) is 4.24. The van der Waals surface area contributed by atoms with Crippen molar-refractivity contribution in [2.75, 3.05) is 0 Å². The quantitative estimate of drug-likeness (QED) is 0.409. The average Bonchev–Trinajstić information content (AvgIpc) is 1.79. The maximum absolute atomic E-state index is 10.3. The average molecular weight is 127 g/mol. The predicted molar refractivity (Wildman–Crippen MR) is 31.8 cm³/mol. The van der Waals surface area contributed by atoms with Gasteiger partial charge in [-0.3, -0.25) is 4.79 Å². The van der Waals surface area contributed by atoms with Gasteiger partial charge in [0, 0.05) is 18.4 Å². The van der Waals surface area contributed by atoms with E-state index in [9.17, 15) is 9.59 Å². The van der Waals surface area contributed by atoms with Gasteiger partial charge >= 0.3 is 0 Å². The lowest BCUT2D eigenvalue weighted by Gasteiger charge is -2.29. The SMILES string of the molecule is C[C@@H](C=O)[C@@H]1CC(=O)N1. The van der Waals surface area contributed by atoms with Gasteiger partial charge in [-0.15, -0.1) is 0 Å². The Hall–Kier alpha value is -0.860. The molecule has 1 rings (SSSR count). The molecule has 0 unspecified atom stereocenters. The third-order valence-corrected chi connectivity index (χ3v) is 1.60. The van der Waals surface area contributed by atoms with E-state index in [4.69, 9.17) is 0 Å². The minimum absolute atomic E-state index is 0.0253. The highest BCUT2D eigenvalue weighted by Crippen LogP contribution is 2.11. The zero-order valence-electron chi connectivity index (χ0n) is 5.26. The summed E-state index contributed by atoms with van der Waals surface area (Å²) in [6, 6.07) is 0.106. The molecule has 1 saturated heterocycles. The summed E-state index contributed by atoms with van der Waals surface area (Å²) in [4.78, 5) is 20.4. The van der Waals surface area contributed by atoms with Gasteiger partial charge in [0.15, 0.2) is 0 Å². The number of carbonyl (C=O) groups excluding carboxylic acids is 2. The maximum atomic E-state index is 10.3. The van der Waals surface area contributed by atoms with Gasteiger partial charge in [-0.25, -0.2) is 0 Å². The Bertz CT molecular complexity index is 136. The van der Waals surface area contributed by atoms with Crippen LogP contribution in [0.5, 0.6) is 0 Å². The van der Waals surface area contributed by atoms with E-state index in [1.807, 2.05) is 0 Å². The minimum Gasteiger partial charge on any atom is -0.352 e. The highest BCUT2D eigenvalue weighted by molar-refractivity contribution is 5.84. The summed E-state index contributed by atoms with van der Waals surface area (Å²) in [5.41, 5.74) is 0. The van der Waals surface area contributed by atoms with Crippen molar-refractivity contribution in [3.63, 3.8) is 0 Å². The molecule has 9 heavy (non-hydrogen) atoms. The highest BCUT2D eigenvalue weighted by Gasteiger charge is 2.29. The third-order valence-electron chi connectivity index (χ3n) is 1.60. The number of amides is 1. The van der Waals surface area contributed by atoms with Crippen molar-refractivity contribution < 1.29 is 9.59 Å². The first-order valence-electron chi connectivity index (χ1n) is 2.98. The van der Waals surface area contributed by atoms with Gasteiger partial charge in [0.05, 0.1) is 0 Å². The number of rotatable bonds is 2. The second-order valence-corrected chi connectivity index (χ2v) is 2.37. The summed E-state index contributed by atoms with van der Waals surface area (Å²) in [6.07, 6.45) is 1.38. The van der Waals surface area contributed by atoms with E-state index < -0.39 is 0 Å². The van der Waals surface area contributed by atoms with Crippen LogP contribution in [0.15, 0.2) is 0 Å². The van der Waals surface area contributed by atoms with Crippen molar-refractivity contribution >= 4 is 12.2 Å². The Morgan fingerprint density at radius 2 is 2.44 bits per heavy atom. The lowest BCUT2D eigenvalue weighted by Crippen LogP contribution is -2.52. The van der Waals surface area contributed by atoms with E-state index in [1.165, 1.54) is 0 Å². The summed E-state index contributed by atoms with van der Waals surface area (Å²) in [5.74, 6) is 0.0244. The number of carbonyl (C=O) groups is 2. The molecule has 0 radical (unpaired) electrons. The van der Waals surface area contributed by atoms with Gasteiger partial charge < -0.3 is 10.1 Å². The number of nitrogens with one attached hydrogen (secondary N) is 1. The molecule has 1 N–H and O–H groups in total. The van der Waals surface area contributed by atoms with Gasteiger partial charge in [0.25, 0.3) is 0 Å². The third kappa shape index (κ3) is 1.09. The fourth-order valence-corrected chi connectivity index (χ4v) is 0.798. The molecule has 3 nitrogen and oxygen atoms in total. The molecular formula is C6H9NO2. The molecule has 50 valence electrons. The molecule has 0 aliphatic carbocycles. The van der Waals surface area contributed by atoms with E-state index in [0.29, 0.717) is 6.42 Å². The topological polar surface area (TPSA) is 46.2 Å². The summed E-state index contributed by atoms with van der Waals surface area (Å²) < 4.78 is 0. The molecule has 1 aliphatic rings. The van der Waals surface area contributed by atoms with E-state index in [-0.39, 0.29) is 17.9 Å². The van der Waals surface area contributed by atoms with Gasteiger partial charge in [-0.05, 0) is 0 Å². The Labute approximate surface area is 53.4 Å². The smallest absolute Gasteiger partial charge is 0.222 e. The molecule has 0 aromatic rings. The second kappa shape index (κ2) is 2.17. The van der Waals surface area contributed by atoms with Crippen LogP contribution in [0.4, 0.5) is 0 Å². The standard InChI is InChI=1S/C6H9NO2/c1-4(3-8)5-2-6(9)7-5/h3-5H,2H2,1H3,(H,7,9)/t4-,5-/m0/s1. The fourth-order valence-electron chi connectivity index (χ4n) is 0.798. The minimum atomic E-state index is -0.0253. The van der Waals surface area contributed by atoms with Crippen molar-refractivity contribution in [3.8, 4) is 0 Å². The van der Waals surface area contributed by atoms with E-state index in [0.717, 1.165) is 6.29 Å². The van der Waals surface area contributed by atoms with Crippen molar-refractivity contribution in [2.24, 2.45) is 5.92 Å². The van der Waals surface area contributed by atoms with Crippen LogP contribution in [-0.2, 0) is 9.59 Å². The molecule has 0 bridgehead atoms. The predicted octanol–water partition coefficient (Wildman–Crippen LogP) is -0.290. The molecule has 0 aromatic carbocycles. The first kappa shape index (κ1) is 6.26. The molecule has 3 heteroatoms. The molecular weight excluding hydrogens is 118 g/mol. The molecule has 0 spiro atoms. The summed E-state index contributed by atoms with van der Waals surface area (Å²) in [7, 11) is 0. The number of aldehydes is 1. The van der Waals surface area contributed by atoms with Crippen LogP contribution in [-0.4, -0.2) is 18.2 Å². The lowest BCUT2D eigenvalue weighted by molar-refractivity contribution is -0.130. The largest absolute Gasteiger partial charge is 0.352 e. The Morgan fingerprint density at radius 3 is 2.78 bits per heavy atom. The fraction of sp³-hybridized carbons (Fsp3) is 0.667. The summed E-state index contributed by atoms with van der Waals surface area (Å²) in [6.45, 7) is 1.80. The second-order valence-electron chi connectivity index (χ2n) is 2.37. The monoisotopic (exact) mass is 127 g/mol. The highest BCUT2D eigenvalue weighted by atomic mass is 16.2. The first-order valence-corrected chi connectivity index (χ1v) is 2.98. The van der Waals surface area contributed by atoms with E-state index in [1.54, 1.807) is 6.92 Å². The van der Waals surface area contributed by atoms with Gasteiger partial charge in [0.2, 0.25) is 5.91 Å². The van der Waals surface area contributed by atoms with Gasteiger partial charge in [-0.1, -0.05) is 6.92 Å². The molecule has 1 aliphatic heterocycles. The Kier molecular flexibility index (Phi) is 1.51. The van der Waals surface area contributed by atoms with Crippen LogP contribution in [0.2, 0.25) is 0 Å². The zero-order chi connectivity index (χ0) is 6.85. The molecule has 1 amide bonds. The van der Waals surface area contributed by atoms with E-state index >= 15 is 0 Å². The van der Waals surface area contributed by atoms with Crippen molar-refractivity contribution in [2.45, 2.75) is 19.4 Å². The molecule has 1 heterocycles. The van der Waals surface area contributed by atoms with Crippen LogP contribution in [0.1, 0.15) is 13.3 Å². The Balaban J connectivity index is 2.30. The van der Waals surface area contributed by atoms with Crippen LogP contribution in [0.25, 0.3) is 0 Å². The lowest BCUT2D eigenvalue weighted by atomic mass is 9.94. The molecule has 0 aromatic heterocycles. The molecule has 0 saturated carbocycles. The van der Waals surface area contributed by atoms with Gasteiger partial charge in [-0.2, -0.15) is 0 Å². The molecule has 1 fully saturated rings. The van der Waals surface area contributed by atoms with Crippen molar-refractivity contribution in [1.82, 2.24) is 5.32 Å². The molecule has 2 atom stereocenters. The summed E-state index contributed by atoms with van der Waals surface area (Å²) in [5, 5.41) is 2.62. The summed E-state index contributed by atoms with van der Waals surface area (Å²) >= 11 is 0. The van der Waals surface area contributed by atoms with Crippen LogP contribution in [0.3, 0.4) is 0 Å². The Morgan fingerprint density at radius 1 is 1.89 bits per heavy atom. The zero-order valence-corrected chi connectivity index (χ0v) is 5.26. The van der Waals surface area contributed by atoms with Crippen molar-refractivity contribution in [3.05, 3.63) is 0 Å².